The summed E-state index contributed by atoms with van der Waals surface area (Å²) < 4.78 is 5.77. The van der Waals surface area contributed by atoms with Gasteiger partial charge < -0.3 is 10.1 Å². The maximum atomic E-state index is 5.77. The summed E-state index contributed by atoms with van der Waals surface area (Å²) in [6.45, 7) is 9.62. The van der Waals surface area contributed by atoms with Crippen LogP contribution in [0.25, 0.3) is 0 Å². The van der Waals surface area contributed by atoms with E-state index in [-0.39, 0.29) is 0 Å². The second-order valence-electron chi connectivity index (χ2n) is 5.31. The minimum Gasteiger partial charge on any atom is -0.383 e. The molecule has 0 saturated carbocycles. The van der Waals surface area contributed by atoms with Crippen LogP contribution >= 0.6 is 0 Å². The van der Waals surface area contributed by atoms with Crippen molar-refractivity contribution in [2.45, 2.75) is 39.0 Å². The van der Waals surface area contributed by atoms with E-state index in [1.165, 1.54) is 5.69 Å². The Hall–Kier alpha value is -1.06. The highest BCUT2D eigenvalue weighted by Gasteiger charge is 2.25. The van der Waals surface area contributed by atoms with E-state index < -0.39 is 0 Å². The molecule has 1 aliphatic heterocycles. The third-order valence-electron chi connectivity index (χ3n) is 3.45. The number of ether oxygens (including phenoxy) is 1. The van der Waals surface area contributed by atoms with Gasteiger partial charge in [-0.25, -0.2) is 0 Å². The summed E-state index contributed by atoms with van der Waals surface area (Å²) in [5.74, 6) is 0. The zero-order valence-corrected chi connectivity index (χ0v) is 11.6. The van der Waals surface area contributed by atoms with Crippen molar-refractivity contribution in [1.82, 2.24) is 4.90 Å². The molecule has 0 spiro atoms. The Balaban J connectivity index is 1.82. The Bertz CT molecular complexity index is 345. The zero-order chi connectivity index (χ0) is 13.0. The fraction of sp³-hybridized carbons (Fsp3) is 0.600. The molecule has 0 radical (unpaired) electrons. The van der Waals surface area contributed by atoms with Crippen molar-refractivity contribution in [2.24, 2.45) is 0 Å². The first kappa shape index (κ1) is 13.4. The van der Waals surface area contributed by atoms with Crippen LogP contribution in [0, 0.1) is 0 Å². The normalized spacial score (nSPS) is 26.8. The van der Waals surface area contributed by atoms with Crippen molar-refractivity contribution in [2.75, 3.05) is 25.0 Å². The van der Waals surface area contributed by atoms with Crippen molar-refractivity contribution in [1.29, 1.82) is 0 Å². The summed E-state index contributed by atoms with van der Waals surface area (Å²) in [5, 5.41) is 3.49. The van der Waals surface area contributed by atoms with Gasteiger partial charge in [-0.15, -0.1) is 0 Å². The maximum absolute atomic E-state index is 5.77. The Kier molecular flexibility index (Phi) is 4.61. The molecular weight excluding hydrogens is 224 g/mol. The van der Waals surface area contributed by atoms with E-state index in [1.54, 1.807) is 0 Å². The summed E-state index contributed by atoms with van der Waals surface area (Å²) in [7, 11) is 0. The number of para-hydroxylation sites is 1. The average molecular weight is 248 g/mol. The van der Waals surface area contributed by atoms with Crippen LogP contribution in [0.1, 0.15) is 20.8 Å². The van der Waals surface area contributed by atoms with Crippen LogP contribution in [0.4, 0.5) is 5.69 Å². The molecule has 3 unspecified atom stereocenters. The van der Waals surface area contributed by atoms with Crippen LogP contribution in [0.15, 0.2) is 30.3 Å². The van der Waals surface area contributed by atoms with Crippen LogP contribution in [-0.2, 0) is 4.74 Å². The van der Waals surface area contributed by atoms with Gasteiger partial charge in [0.15, 0.2) is 0 Å². The molecule has 1 aromatic rings. The standard InChI is InChI=1S/C15H24N2O/c1-12(9-16-15-7-5-4-6-8-15)17-10-13(2)18-14(3)11-17/h4-8,12-14,16H,9-11H2,1-3H3. The van der Waals surface area contributed by atoms with E-state index in [1.807, 2.05) is 6.07 Å². The number of nitrogens with one attached hydrogen (secondary N) is 1. The molecule has 1 heterocycles. The lowest BCUT2D eigenvalue weighted by Gasteiger charge is -2.39. The molecule has 1 fully saturated rings. The molecule has 0 aliphatic carbocycles. The van der Waals surface area contributed by atoms with Gasteiger partial charge in [0.2, 0.25) is 0 Å². The van der Waals surface area contributed by atoms with Crippen LogP contribution in [0.2, 0.25) is 0 Å². The van der Waals surface area contributed by atoms with Crippen molar-refractivity contribution in [3.8, 4) is 0 Å². The number of morpholine rings is 1. The van der Waals surface area contributed by atoms with Crippen molar-refractivity contribution in [3.05, 3.63) is 30.3 Å². The fourth-order valence-electron chi connectivity index (χ4n) is 2.53. The topological polar surface area (TPSA) is 24.5 Å². The molecule has 0 aromatic heterocycles. The number of hydrogen-bond acceptors (Lipinski definition) is 3. The maximum Gasteiger partial charge on any atom is 0.0678 e. The Labute approximate surface area is 110 Å². The monoisotopic (exact) mass is 248 g/mol. The summed E-state index contributed by atoms with van der Waals surface area (Å²) in [5.41, 5.74) is 1.19. The number of benzene rings is 1. The molecule has 100 valence electrons. The first-order valence-corrected chi connectivity index (χ1v) is 6.83. The van der Waals surface area contributed by atoms with Gasteiger partial charge in [-0.1, -0.05) is 18.2 Å². The Morgan fingerprint density at radius 2 is 1.83 bits per heavy atom. The minimum absolute atomic E-state index is 0.341. The average Bonchev–Trinajstić information content (AvgIpc) is 2.36. The lowest BCUT2D eigenvalue weighted by atomic mass is 10.1. The summed E-state index contributed by atoms with van der Waals surface area (Å²) in [6, 6.07) is 10.9. The largest absolute Gasteiger partial charge is 0.383 e. The van der Waals surface area contributed by atoms with Gasteiger partial charge in [-0.3, -0.25) is 4.90 Å². The second kappa shape index (κ2) is 6.21. The van der Waals surface area contributed by atoms with Gasteiger partial charge in [0.25, 0.3) is 0 Å². The van der Waals surface area contributed by atoms with Crippen molar-refractivity contribution in [3.63, 3.8) is 0 Å². The summed E-state index contributed by atoms with van der Waals surface area (Å²) >= 11 is 0. The van der Waals surface area contributed by atoms with E-state index in [2.05, 4.69) is 55.3 Å². The third kappa shape index (κ3) is 3.72. The molecule has 1 N–H and O–H groups in total. The smallest absolute Gasteiger partial charge is 0.0678 e. The number of anilines is 1. The molecular formula is C15H24N2O. The highest BCUT2D eigenvalue weighted by Crippen LogP contribution is 2.14. The van der Waals surface area contributed by atoms with Crippen LogP contribution in [0.3, 0.4) is 0 Å². The van der Waals surface area contributed by atoms with E-state index >= 15 is 0 Å². The van der Waals surface area contributed by atoms with Gasteiger partial charge in [-0.2, -0.15) is 0 Å². The van der Waals surface area contributed by atoms with Crippen LogP contribution in [-0.4, -0.2) is 42.8 Å². The van der Waals surface area contributed by atoms with E-state index in [9.17, 15) is 0 Å². The molecule has 1 saturated heterocycles. The van der Waals surface area contributed by atoms with Gasteiger partial charge in [0.1, 0.15) is 0 Å². The van der Waals surface area contributed by atoms with E-state index in [0.717, 1.165) is 19.6 Å². The Morgan fingerprint density at radius 3 is 2.44 bits per heavy atom. The number of nitrogens with zero attached hydrogens (tertiary/aromatic N) is 1. The highest BCUT2D eigenvalue weighted by molar-refractivity contribution is 5.42. The van der Waals surface area contributed by atoms with Gasteiger partial charge in [-0.05, 0) is 32.9 Å². The quantitative estimate of drug-likeness (QED) is 0.886. The zero-order valence-electron chi connectivity index (χ0n) is 11.6. The summed E-state index contributed by atoms with van der Waals surface area (Å²) in [6.07, 6.45) is 0.681. The first-order valence-electron chi connectivity index (χ1n) is 6.83. The minimum atomic E-state index is 0.341. The molecule has 1 aromatic carbocycles. The molecule has 0 bridgehead atoms. The van der Waals surface area contributed by atoms with Crippen molar-refractivity contribution >= 4 is 5.69 Å². The van der Waals surface area contributed by atoms with Gasteiger partial charge >= 0.3 is 0 Å². The predicted molar refractivity (Wildman–Crippen MR) is 76.0 cm³/mol. The lowest BCUT2D eigenvalue weighted by molar-refractivity contribution is -0.0769. The number of rotatable bonds is 4. The van der Waals surface area contributed by atoms with E-state index in [0.29, 0.717) is 18.2 Å². The fourth-order valence-corrected chi connectivity index (χ4v) is 2.53. The highest BCUT2D eigenvalue weighted by atomic mass is 16.5. The lowest BCUT2D eigenvalue weighted by Crippen LogP contribution is -2.50. The molecule has 2 rings (SSSR count). The van der Waals surface area contributed by atoms with Crippen molar-refractivity contribution < 1.29 is 4.74 Å². The molecule has 3 heteroatoms. The molecule has 3 nitrogen and oxygen atoms in total. The molecule has 3 atom stereocenters. The third-order valence-corrected chi connectivity index (χ3v) is 3.45. The van der Waals surface area contributed by atoms with Gasteiger partial charge in [0, 0.05) is 31.4 Å². The molecule has 18 heavy (non-hydrogen) atoms. The van der Waals surface area contributed by atoms with E-state index in [4.69, 9.17) is 4.74 Å². The number of hydrogen-bond donors (Lipinski definition) is 1. The molecule has 1 aliphatic rings. The van der Waals surface area contributed by atoms with Crippen LogP contribution < -0.4 is 5.32 Å². The van der Waals surface area contributed by atoms with Gasteiger partial charge in [0.05, 0.1) is 12.2 Å². The Morgan fingerprint density at radius 1 is 1.22 bits per heavy atom. The predicted octanol–water partition coefficient (Wildman–Crippen LogP) is 2.60. The summed E-state index contributed by atoms with van der Waals surface area (Å²) in [4.78, 5) is 2.51. The molecule has 0 amide bonds. The SMILES string of the molecule is CC1CN(C(C)CNc2ccccc2)CC(C)O1. The first-order chi connectivity index (χ1) is 8.65. The second-order valence-corrected chi connectivity index (χ2v) is 5.31. The van der Waals surface area contributed by atoms with Crippen LogP contribution in [0.5, 0.6) is 0 Å².